The highest BCUT2D eigenvalue weighted by Gasteiger charge is 2.21. The molecule has 0 spiro atoms. The Hall–Kier alpha value is -4.18. The molecule has 0 aliphatic carbocycles. The Morgan fingerprint density at radius 3 is 1.54 bits per heavy atom. The van der Waals surface area contributed by atoms with E-state index < -0.39 is 0 Å². The second kappa shape index (κ2) is 9.73. The van der Waals surface area contributed by atoms with E-state index in [-0.39, 0.29) is 0 Å². The average molecular weight is 653 g/mol. The molecule has 1 heterocycles. The fourth-order valence-corrected chi connectivity index (χ4v) is 7.05. The normalized spacial score (nSPS) is 11.7. The van der Waals surface area contributed by atoms with Crippen LogP contribution in [0.1, 0.15) is 0 Å². The van der Waals surface area contributed by atoms with Crippen molar-refractivity contribution in [2.24, 2.45) is 0 Å². The molecule has 0 aliphatic heterocycles. The van der Waals surface area contributed by atoms with Gasteiger partial charge in [-0.2, -0.15) is 0 Å². The summed E-state index contributed by atoms with van der Waals surface area (Å²) in [5, 5.41) is 7.40. The van der Waals surface area contributed by atoms with Crippen molar-refractivity contribution >= 4 is 75.2 Å². The Morgan fingerprint density at radius 2 is 0.902 bits per heavy atom. The topological polar surface area (TPSA) is 4.93 Å². The molecule has 0 N–H and O–H groups in total. The fraction of sp³-hybridized carbons (Fsp3) is 0. The molecule has 0 aliphatic rings. The zero-order valence-electron chi connectivity index (χ0n) is 22.0. The van der Waals surface area contributed by atoms with E-state index in [1.165, 1.54) is 71.3 Å². The molecule has 0 unspecified atom stereocenters. The average Bonchev–Trinajstić information content (AvgIpc) is 3.32. The summed E-state index contributed by atoms with van der Waals surface area (Å²) < 4.78 is 4.61. The van der Waals surface area contributed by atoms with Crippen molar-refractivity contribution in [1.29, 1.82) is 0 Å². The van der Waals surface area contributed by atoms with Gasteiger partial charge in [0.1, 0.15) is 0 Å². The first-order valence-electron chi connectivity index (χ1n) is 13.7. The van der Waals surface area contributed by atoms with Crippen molar-refractivity contribution in [2.45, 2.75) is 0 Å². The predicted molar refractivity (Wildman–Crippen MR) is 182 cm³/mol. The summed E-state index contributed by atoms with van der Waals surface area (Å²) in [6.45, 7) is 0. The van der Waals surface area contributed by atoms with E-state index in [2.05, 4.69) is 176 Å². The maximum absolute atomic E-state index is 3.73. The highest BCUT2D eigenvalue weighted by Crippen LogP contribution is 2.45. The molecule has 0 saturated heterocycles. The third-order valence-electron chi connectivity index (χ3n) is 8.08. The van der Waals surface area contributed by atoms with Crippen LogP contribution < -0.4 is 0 Å². The summed E-state index contributed by atoms with van der Waals surface area (Å²) in [5.41, 5.74) is 8.50. The van der Waals surface area contributed by atoms with Crippen LogP contribution in [0, 0.1) is 0 Å². The minimum absolute atomic E-state index is 1.07. The van der Waals surface area contributed by atoms with E-state index in [4.69, 9.17) is 0 Å². The molecule has 3 heteroatoms. The van der Waals surface area contributed by atoms with Gasteiger partial charge in [-0.3, -0.25) is 0 Å². The quantitative estimate of drug-likeness (QED) is 0.167. The van der Waals surface area contributed by atoms with Gasteiger partial charge in [0.2, 0.25) is 0 Å². The Morgan fingerprint density at radius 1 is 0.366 bits per heavy atom. The van der Waals surface area contributed by atoms with Crippen LogP contribution in [0.2, 0.25) is 0 Å². The Bertz CT molecular complexity index is 2210. The molecule has 1 aromatic heterocycles. The maximum atomic E-state index is 3.73. The van der Waals surface area contributed by atoms with Crippen LogP contribution in [0.3, 0.4) is 0 Å². The molecular weight excluding hydrogens is 630 g/mol. The van der Waals surface area contributed by atoms with Gasteiger partial charge in [0, 0.05) is 30.5 Å². The van der Waals surface area contributed by atoms with E-state index >= 15 is 0 Å². The molecule has 8 rings (SSSR count). The van der Waals surface area contributed by atoms with Crippen molar-refractivity contribution in [2.75, 3.05) is 0 Å². The fourth-order valence-electron chi connectivity index (χ4n) is 6.33. The van der Waals surface area contributed by atoms with Gasteiger partial charge in [-0.05, 0) is 75.5 Å². The number of halogens is 2. The van der Waals surface area contributed by atoms with Crippen LogP contribution in [0.15, 0.2) is 148 Å². The summed E-state index contributed by atoms with van der Waals surface area (Å²) >= 11 is 7.45. The van der Waals surface area contributed by atoms with Crippen molar-refractivity contribution < 1.29 is 0 Å². The molecule has 7 aromatic carbocycles. The molecule has 41 heavy (non-hydrogen) atoms. The van der Waals surface area contributed by atoms with Gasteiger partial charge < -0.3 is 4.57 Å². The van der Waals surface area contributed by atoms with Gasteiger partial charge in [-0.15, -0.1) is 0 Å². The van der Waals surface area contributed by atoms with E-state index in [0.717, 1.165) is 8.95 Å². The lowest BCUT2D eigenvalue weighted by molar-refractivity contribution is 1.21. The van der Waals surface area contributed by atoms with Crippen molar-refractivity contribution in [1.82, 2.24) is 4.57 Å². The predicted octanol–water partition coefficient (Wildman–Crippen LogP) is 11.9. The van der Waals surface area contributed by atoms with E-state index in [1.54, 1.807) is 0 Å². The van der Waals surface area contributed by atoms with Crippen LogP contribution >= 0.6 is 31.9 Å². The molecule has 0 saturated carbocycles. The van der Waals surface area contributed by atoms with Crippen molar-refractivity contribution in [3.05, 3.63) is 148 Å². The zero-order valence-corrected chi connectivity index (χ0v) is 25.2. The van der Waals surface area contributed by atoms with Gasteiger partial charge in [-0.25, -0.2) is 0 Å². The molecule has 0 amide bonds. The number of aromatic nitrogens is 1. The summed E-state index contributed by atoms with van der Waals surface area (Å²) in [4.78, 5) is 0. The summed E-state index contributed by atoms with van der Waals surface area (Å²) in [6.07, 6.45) is 0. The second-order valence-electron chi connectivity index (χ2n) is 10.4. The third-order valence-corrected chi connectivity index (χ3v) is 9.06. The van der Waals surface area contributed by atoms with E-state index in [1.807, 2.05) is 0 Å². The number of benzene rings is 7. The molecule has 194 valence electrons. The third kappa shape index (κ3) is 3.95. The van der Waals surface area contributed by atoms with Gasteiger partial charge in [0.25, 0.3) is 0 Å². The maximum Gasteiger partial charge on any atom is 0.0619 e. The number of fused-ring (bicyclic) bond motifs is 5. The molecule has 0 radical (unpaired) electrons. The SMILES string of the molecule is Brc1ccc2c(c1)c1cc(Br)ccc1n2-c1c2ccccc2c(-c2ccccc2)c2cc(-c3ccccc3)ccc12. The second-order valence-corrected chi connectivity index (χ2v) is 12.3. The van der Waals surface area contributed by atoms with E-state index in [9.17, 15) is 0 Å². The van der Waals surface area contributed by atoms with Crippen molar-refractivity contribution in [3.8, 4) is 27.9 Å². The number of nitrogens with zero attached hydrogens (tertiary/aromatic N) is 1. The minimum Gasteiger partial charge on any atom is -0.308 e. The number of hydrogen-bond donors (Lipinski definition) is 0. The molecule has 0 fully saturated rings. The standard InChI is InChI=1S/C38H23Br2N/c39-27-16-19-35-32(22-27)33-23-28(40)17-20-36(33)41(35)38-30-14-8-7-13-29(30)37(25-11-5-2-6-12-25)34-21-26(15-18-31(34)38)24-9-3-1-4-10-24/h1-23H. The minimum atomic E-state index is 1.07. The smallest absolute Gasteiger partial charge is 0.0619 e. The van der Waals surface area contributed by atoms with Gasteiger partial charge >= 0.3 is 0 Å². The summed E-state index contributed by atoms with van der Waals surface area (Å²) in [7, 11) is 0. The molecule has 0 bridgehead atoms. The highest BCUT2D eigenvalue weighted by molar-refractivity contribution is 9.10. The lowest BCUT2D eigenvalue weighted by Crippen LogP contribution is -1.99. The number of hydrogen-bond acceptors (Lipinski definition) is 0. The first kappa shape index (κ1) is 24.6. The zero-order chi connectivity index (χ0) is 27.5. The lowest BCUT2D eigenvalue weighted by Gasteiger charge is -2.20. The molecule has 1 nitrogen and oxygen atoms in total. The Labute approximate surface area is 254 Å². The van der Waals surface area contributed by atoms with Crippen LogP contribution in [0.25, 0.3) is 71.3 Å². The van der Waals surface area contributed by atoms with Crippen LogP contribution in [0.4, 0.5) is 0 Å². The molecule has 8 aromatic rings. The molecule has 0 atom stereocenters. The summed E-state index contributed by atoms with van der Waals surface area (Å²) in [5.74, 6) is 0. The van der Waals surface area contributed by atoms with Gasteiger partial charge in [-0.1, -0.05) is 129 Å². The van der Waals surface area contributed by atoms with Gasteiger partial charge in [0.05, 0.1) is 16.7 Å². The largest absolute Gasteiger partial charge is 0.308 e. The summed E-state index contributed by atoms with van der Waals surface area (Å²) in [6, 6.07) is 50.5. The van der Waals surface area contributed by atoms with Crippen LogP contribution in [0.5, 0.6) is 0 Å². The first-order valence-corrected chi connectivity index (χ1v) is 15.2. The lowest BCUT2D eigenvalue weighted by atomic mass is 9.88. The van der Waals surface area contributed by atoms with Crippen molar-refractivity contribution in [3.63, 3.8) is 0 Å². The molecular formula is C38H23Br2N. The Balaban J connectivity index is 1.60. The highest BCUT2D eigenvalue weighted by atomic mass is 79.9. The number of rotatable bonds is 3. The van der Waals surface area contributed by atoms with Gasteiger partial charge in [0.15, 0.2) is 0 Å². The van der Waals surface area contributed by atoms with Crippen LogP contribution in [-0.2, 0) is 0 Å². The first-order chi connectivity index (χ1) is 20.2. The van der Waals surface area contributed by atoms with E-state index in [0.29, 0.717) is 0 Å². The Kier molecular flexibility index (Phi) is 5.84. The monoisotopic (exact) mass is 651 g/mol. The van der Waals surface area contributed by atoms with Crippen LogP contribution in [-0.4, -0.2) is 4.57 Å².